The minimum Gasteiger partial charge on any atom is -0.388 e. The zero-order chi connectivity index (χ0) is 12.8. The lowest BCUT2D eigenvalue weighted by atomic mass is 9.93. The quantitative estimate of drug-likeness (QED) is 0.841. The van der Waals surface area contributed by atoms with Crippen LogP contribution in [0.1, 0.15) is 61.9 Å². The van der Waals surface area contributed by atoms with E-state index in [4.69, 9.17) is 0 Å². The Morgan fingerprint density at radius 2 is 2.00 bits per heavy atom. The number of aromatic nitrogens is 1. The molecule has 0 radical (unpaired) electrons. The molecule has 1 aliphatic carbocycles. The van der Waals surface area contributed by atoms with E-state index in [-0.39, 0.29) is 6.10 Å². The number of aliphatic hydroxyl groups is 1. The van der Waals surface area contributed by atoms with Gasteiger partial charge in [-0.3, -0.25) is 0 Å². The summed E-state index contributed by atoms with van der Waals surface area (Å²) in [5.74, 6) is 0. The van der Waals surface area contributed by atoms with Gasteiger partial charge in [-0.05, 0) is 57.6 Å². The number of piperidine rings is 1. The van der Waals surface area contributed by atoms with Crippen LogP contribution in [0.25, 0.3) is 0 Å². The van der Waals surface area contributed by atoms with Crippen LogP contribution in [0, 0.1) is 0 Å². The highest BCUT2D eigenvalue weighted by Gasteiger charge is 2.33. The molecule has 2 aliphatic heterocycles. The summed E-state index contributed by atoms with van der Waals surface area (Å²) in [5.41, 5.74) is 2.63. The number of fused-ring (bicyclic) bond motifs is 2. The van der Waals surface area contributed by atoms with Gasteiger partial charge in [0.25, 0.3) is 0 Å². The van der Waals surface area contributed by atoms with E-state index in [2.05, 4.69) is 21.7 Å². The van der Waals surface area contributed by atoms with Crippen LogP contribution in [0.4, 0.5) is 0 Å². The van der Waals surface area contributed by atoms with Gasteiger partial charge in [-0.1, -0.05) is 0 Å². The zero-order valence-corrected chi connectivity index (χ0v) is 11.6. The number of nitrogens with zero attached hydrogens (tertiary/aromatic N) is 2. The fraction of sp³-hybridized carbons (Fsp3) is 0.750. The number of hydrogen-bond acceptors (Lipinski definition) is 2. The molecule has 4 rings (SSSR count). The van der Waals surface area contributed by atoms with Crippen LogP contribution >= 0.6 is 0 Å². The van der Waals surface area contributed by atoms with E-state index in [9.17, 15) is 5.11 Å². The third-order valence-corrected chi connectivity index (χ3v) is 5.50. The largest absolute Gasteiger partial charge is 0.388 e. The average Bonchev–Trinajstić information content (AvgIpc) is 3.04. The Morgan fingerprint density at radius 3 is 2.95 bits per heavy atom. The molecular weight excluding hydrogens is 236 g/mol. The van der Waals surface area contributed by atoms with Crippen molar-refractivity contribution in [3.8, 4) is 0 Å². The van der Waals surface area contributed by atoms with Gasteiger partial charge in [0.15, 0.2) is 0 Å². The molecule has 0 aromatic carbocycles. The van der Waals surface area contributed by atoms with Gasteiger partial charge in [-0.2, -0.15) is 0 Å². The molecule has 0 bridgehead atoms. The zero-order valence-electron chi connectivity index (χ0n) is 11.6. The topological polar surface area (TPSA) is 28.4 Å². The van der Waals surface area contributed by atoms with Crippen LogP contribution in [-0.2, 0) is 6.42 Å². The van der Waals surface area contributed by atoms with Crippen LogP contribution in [0.15, 0.2) is 12.3 Å². The molecule has 3 atom stereocenters. The van der Waals surface area contributed by atoms with Crippen LogP contribution in [0.2, 0.25) is 0 Å². The maximum Gasteiger partial charge on any atom is 0.0807 e. The van der Waals surface area contributed by atoms with Crippen molar-refractivity contribution < 1.29 is 5.11 Å². The third-order valence-electron chi connectivity index (χ3n) is 5.50. The Bertz CT molecular complexity index is 467. The summed E-state index contributed by atoms with van der Waals surface area (Å²) in [5, 5.41) is 10.1. The van der Waals surface area contributed by atoms with E-state index in [0.29, 0.717) is 6.04 Å². The Balaban J connectivity index is 1.59. The highest BCUT2D eigenvalue weighted by atomic mass is 16.3. The number of rotatable bonds is 1. The van der Waals surface area contributed by atoms with Gasteiger partial charge in [0.1, 0.15) is 0 Å². The predicted octanol–water partition coefficient (Wildman–Crippen LogP) is 2.66. The molecule has 0 saturated carbocycles. The summed E-state index contributed by atoms with van der Waals surface area (Å²) in [6.07, 6.45) is 10.7. The van der Waals surface area contributed by atoms with Crippen molar-refractivity contribution in [3.63, 3.8) is 0 Å². The first-order valence-corrected chi connectivity index (χ1v) is 7.94. The highest BCUT2D eigenvalue weighted by molar-refractivity contribution is 5.28. The summed E-state index contributed by atoms with van der Waals surface area (Å²) < 4.78 is 2.51. The van der Waals surface area contributed by atoms with Crippen molar-refractivity contribution in [2.24, 2.45) is 0 Å². The lowest BCUT2D eigenvalue weighted by Gasteiger charge is -2.36. The first-order valence-electron chi connectivity index (χ1n) is 7.94. The third kappa shape index (κ3) is 1.95. The van der Waals surface area contributed by atoms with Crippen molar-refractivity contribution in [1.82, 2.24) is 9.47 Å². The lowest BCUT2D eigenvalue weighted by Crippen LogP contribution is -2.39. The molecule has 3 aliphatic rings. The molecule has 3 unspecified atom stereocenters. The Hall–Kier alpha value is -0.800. The van der Waals surface area contributed by atoms with Crippen LogP contribution in [0.3, 0.4) is 0 Å². The monoisotopic (exact) mass is 260 g/mol. The first kappa shape index (κ1) is 12.0. The first-order chi connectivity index (χ1) is 9.33. The second-order valence-corrected chi connectivity index (χ2v) is 6.54. The highest BCUT2D eigenvalue weighted by Crippen LogP contribution is 2.37. The van der Waals surface area contributed by atoms with Crippen molar-refractivity contribution in [1.29, 1.82) is 0 Å². The molecule has 3 nitrogen and oxygen atoms in total. The van der Waals surface area contributed by atoms with Crippen molar-refractivity contribution >= 4 is 0 Å². The fourth-order valence-electron chi connectivity index (χ4n) is 4.49. The lowest BCUT2D eigenvalue weighted by molar-refractivity contribution is 0.145. The van der Waals surface area contributed by atoms with Crippen LogP contribution < -0.4 is 0 Å². The molecule has 1 aromatic heterocycles. The Kier molecular flexibility index (Phi) is 2.92. The van der Waals surface area contributed by atoms with Gasteiger partial charge < -0.3 is 14.6 Å². The van der Waals surface area contributed by atoms with E-state index >= 15 is 0 Å². The Morgan fingerprint density at radius 1 is 1.05 bits per heavy atom. The average molecular weight is 260 g/mol. The summed E-state index contributed by atoms with van der Waals surface area (Å²) in [4.78, 5) is 2.68. The van der Waals surface area contributed by atoms with Crippen LogP contribution in [-0.4, -0.2) is 33.7 Å². The maximum absolute atomic E-state index is 10.1. The molecule has 104 valence electrons. The molecule has 0 spiro atoms. The summed E-state index contributed by atoms with van der Waals surface area (Å²) in [7, 11) is 0. The van der Waals surface area contributed by atoms with E-state index in [1.807, 2.05) is 0 Å². The van der Waals surface area contributed by atoms with E-state index in [1.165, 1.54) is 50.0 Å². The van der Waals surface area contributed by atoms with Gasteiger partial charge in [-0.15, -0.1) is 0 Å². The normalized spacial score (nSPS) is 35.1. The molecule has 19 heavy (non-hydrogen) atoms. The number of hydrogen-bond donors (Lipinski definition) is 1. The van der Waals surface area contributed by atoms with Crippen molar-refractivity contribution in [2.45, 2.75) is 63.1 Å². The molecule has 2 saturated heterocycles. The van der Waals surface area contributed by atoms with Gasteiger partial charge in [0, 0.05) is 36.1 Å². The van der Waals surface area contributed by atoms with Gasteiger partial charge in [0.2, 0.25) is 0 Å². The summed E-state index contributed by atoms with van der Waals surface area (Å²) in [6, 6.07) is 3.67. The Labute approximate surface area is 115 Å². The van der Waals surface area contributed by atoms with E-state index in [0.717, 1.165) is 25.3 Å². The van der Waals surface area contributed by atoms with Gasteiger partial charge in [-0.25, -0.2) is 0 Å². The van der Waals surface area contributed by atoms with Crippen molar-refractivity contribution in [2.75, 3.05) is 13.1 Å². The standard InChI is InChI=1S/C16H24N2O/c19-16-5-1-4-15-14(16)7-10-18(15)13-6-9-17-8-2-3-12(17)11-13/h7,10,12-13,16,19H,1-6,8-9,11H2. The number of aliphatic hydroxyl groups excluding tert-OH is 1. The smallest absolute Gasteiger partial charge is 0.0807 e. The predicted molar refractivity (Wildman–Crippen MR) is 75.2 cm³/mol. The molecule has 2 fully saturated rings. The molecule has 3 heterocycles. The van der Waals surface area contributed by atoms with Gasteiger partial charge in [0.05, 0.1) is 6.10 Å². The van der Waals surface area contributed by atoms with E-state index in [1.54, 1.807) is 0 Å². The minimum atomic E-state index is -0.212. The molecule has 0 amide bonds. The maximum atomic E-state index is 10.1. The fourth-order valence-corrected chi connectivity index (χ4v) is 4.49. The molecule has 1 aromatic rings. The van der Waals surface area contributed by atoms with E-state index < -0.39 is 0 Å². The van der Waals surface area contributed by atoms with Crippen molar-refractivity contribution in [3.05, 3.63) is 23.5 Å². The second kappa shape index (κ2) is 4.64. The SMILES string of the molecule is OC1CCCc2c1ccn2C1CCN2CCCC2C1. The summed E-state index contributed by atoms with van der Waals surface area (Å²) in [6.45, 7) is 2.59. The van der Waals surface area contributed by atoms with Crippen LogP contribution in [0.5, 0.6) is 0 Å². The second-order valence-electron chi connectivity index (χ2n) is 6.54. The van der Waals surface area contributed by atoms with Gasteiger partial charge >= 0.3 is 0 Å². The summed E-state index contributed by atoms with van der Waals surface area (Å²) >= 11 is 0. The molecular formula is C16H24N2O. The minimum absolute atomic E-state index is 0.212. The molecule has 1 N–H and O–H groups in total. The molecule has 3 heteroatoms.